The van der Waals surface area contributed by atoms with Gasteiger partial charge in [-0.25, -0.2) is 4.68 Å². The average molecular weight is 375 g/mol. The van der Waals surface area contributed by atoms with E-state index in [0.29, 0.717) is 30.3 Å². The molecule has 28 heavy (non-hydrogen) atoms. The van der Waals surface area contributed by atoms with Crippen molar-refractivity contribution in [2.24, 2.45) is 0 Å². The molecule has 1 aromatic heterocycles. The molecule has 6 heteroatoms. The van der Waals surface area contributed by atoms with E-state index >= 15 is 0 Å². The molecule has 1 amide bonds. The number of rotatable bonds is 3. The molecule has 1 aliphatic carbocycles. The highest BCUT2D eigenvalue weighted by atomic mass is 16.5. The number of fused-ring (bicyclic) bond motifs is 2. The van der Waals surface area contributed by atoms with Crippen LogP contribution in [0.5, 0.6) is 11.5 Å². The van der Waals surface area contributed by atoms with Crippen molar-refractivity contribution in [3.05, 3.63) is 65.4 Å². The molecular formula is C22H21N3O3. The molecule has 1 aliphatic heterocycles. The zero-order valence-corrected chi connectivity index (χ0v) is 15.5. The molecule has 1 N–H and O–H groups in total. The molecule has 0 unspecified atom stereocenters. The highest BCUT2D eigenvalue weighted by molar-refractivity contribution is 6.04. The lowest BCUT2D eigenvalue weighted by atomic mass is 10.1. The maximum Gasteiger partial charge on any atom is 0.256 e. The van der Waals surface area contributed by atoms with Gasteiger partial charge in [0.05, 0.1) is 24.6 Å². The van der Waals surface area contributed by atoms with Gasteiger partial charge in [0.15, 0.2) is 11.5 Å². The lowest BCUT2D eigenvalue weighted by Crippen LogP contribution is -2.16. The monoisotopic (exact) mass is 375 g/mol. The maximum absolute atomic E-state index is 13.0. The third kappa shape index (κ3) is 3.01. The molecule has 3 aromatic rings. The van der Waals surface area contributed by atoms with Gasteiger partial charge >= 0.3 is 0 Å². The summed E-state index contributed by atoms with van der Waals surface area (Å²) >= 11 is 0. The second-order valence-corrected chi connectivity index (χ2v) is 7.04. The van der Waals surface area contributed by atoms with Crippen LogP contribution in [0.25, 0.3) is 5.69 Å². The van der Waals surface area contributed by atoms with Gasteiger partial charge < -0.3 is 14.8 Å². The van der Waals surface area contributed by atoms with Crippen molar-refractivity contribution >= 4 is 11.7 Å². The Hall–Kier alpha value is -3.28. The molecule has 2 heterocycles. The summed E-state index contributed by atoms with van der Waals surface area (Å²) in [5.74, 6) is 1.88. The fourth-order valence-corrected chi connectivity index (χ4v) is 3.76. The summed E-state index contributed by atoms with van der Waals surface area (Å²) < 4.78 is 13.2. The predicted octanol–water partition coefficient (Wildman–Crippen LogP) is 3.77. The summed E-state index contributed by atoms with van der Waals surface area (Å²) in [4.78, 5) is 13.0. The van der Waals surface area contributed by atoms with Crippen molar-refractivity contribution in [3.8, 4) is 17.2 Å². The molecule has 2 aromatic carbocycles. The van der Waals surface area contributed by atoms with E-state index in [-0.39, 0.29) is 5.91 Å². The molecule has 0 bridgehead atoms. The van der Waals surface area contributed by atoms with Crippen LogP contribution in [0, 0.1) is 0 Å². The second-order valence-electron chi connectivity index (χ2n) is 7.04. The number of para-hydroxylation sites is 1. The van der Waals surface area contributed by atoms with Crippen LogP contribution in [-0.4, -0.2) is 28.9 Å². The maximum atomic E-state index is 13.0. The van der Waals surface area contributed by atoms with Crippen LogP contribution >= 0.6 is 0 Å². The minimum atomic E-state index is -0.178. The van der Waals surface area contributed by atoms with E-state index in [4.69, 9.17) is 14.6 Å². The van der Waals surface area contributed by atoms with Crippen LogP contribution < -0.4 is 14.8 Å². The van der Waals surface area contributed by atoms with Crippen LogP contribution in [0.4, 0.5) is 5.82 Å². The molecule has 0 saturated heterocycles. The number of nitrogens with zero attached hydrogens (tertiary/aromatic N) is 2. The fraction of sp³-hybridized carbons (Fsp3) is 0.273. The van der Waals surface area contributed by atoms with Crippen LogP contribution in [0.15, 0.2) is 48.5 Å². The van der Waals surface area contributed by atoms with Crippen LogP contribution in [0.3, 0.4) is 0 Å². The zero-order valence-electron chi connectivity index (χ0n) is 15.5. The van der Waals surface area contributed by atoms with Crippen LogP contribution in [0.2, 0.25) is 0 Å². The first-order valence-electron chi connectivity index (χ1n) is 9.67. The summed E-state index contributed by atoms with van der Waals surface area (Å²) in [6.45, 7) is 1.22. The number of aryl methyl sites for hydroxylation is 1. The molecule has 0 radical (unpaired) electrons. The number of ether oxygens (including phenoxy) is 2. The van der Waals surface area contributed by atoms with Crippen molar-refractivity contribution in [2.75, 3.05) is 18.5 Å². The second kappa shape index (κ2) is 7.03. The lowest BCUT2D eigenvalue weighted by molar-refractivity contribution is 0.102. The Kier molecular flexibility index (Phi) is 4.24. The van der Waals surface area contributed by atoms with E-state index in [0.717, 1.165) is 48.4 Å². The first-order chi connectivity index (χ1) is 13.8. The largest absolute Gasteiger partial charge is 0.490 e. The Morgan fingerprint density at radius 2 is 1.79 bits per heavy atom. The van der Waals surface area contributed by atoms with Crippen molar-refractivity contribution < 1.29 is 14.3 Å². The van der Waals surface area contributed by atoms with Gasteiger partial charge in [-0.3, -0.25) is 4.79 Å². The number of anilines is 1. The Morgan fingerprint density at radius 3 is 2.64 bits per heavy atom. The van der Waals surface area contributed by atoms with E-state index in [2.05, 4.69) is 5.32 Å². The summed E-state index contributed by atoms with van der Waals surface area (Å²) in [6, 6.07) is 15.2. The van der Waals surface area contributed by atoms with Crippen LogP contribution in [-0.2, 0) is 12.8 Å². The number of aromatic nitrogens is 2. The number of benzene rings is 2. The van der Waals surface area contributed by atoms with E-state index in [1.54, 1.807) is 18.2 Å². The number of nitrogens with one attached hydrogen (secondary N) is 1. The highest BCUT2D eigenvalue weighted by Crippen LogP contribution is 2.33. The molecule has 0 saturated carbocycles. The van der Waals surface area contributed by atoms with E-state index < -0.39 is 0 Å². The highest BCUT2D eigenvalue weighted by Gasteiger charge is 2.25. The first kappa shape index (κ1) is 16.9. The van der Waals surface area contributed by atoms with E-state index in [9.17, 15) is 4.79 Å². The van der Waals surface area contributed by atoms with Gasteiger partial charge in [0.2, 0.25) is 0 Å². The SMILES string of the molecule is O=C(Nc1c2c(nn1-c1ccccc1)CCC2)c1ccc2c(c1)OCCCO2. The summed E-state index contributed by atoms with van der Waals surface area (Å²) in [5, 5.41) is 7.84. The molecule has 6 nitrogen and oxygen atoms in total. The van der Waals surface area contributed by atoms with Gasteiger partial charge in [-0.05, 0) is 49.6 Å². The summed E-state index contributed by atoms with van der Waals surface area (Å²) in [7, 11) is 0. The summed E-state index contributed by atoms with van der Waals surface area (Å²) in [5.41, 5.74) is 3.67. The van der Waals surface area contributed by atoms with Gasteiger partial charge in [-0.1, -0.05) is 18.2 Å². The van der Waals surface area contributed by atoms with Gasteiger partial charge in [0.1, 0.15) is 5.82 Å². The van der Waals surface area contributed by atoms with Gasteiger partial charge in [-0.2, -0.15) is 5.10 Å². The normalized spacial score (nSPS) is 15.0. The van der Waals surface area contributed by atoms with Crippen LogP contribution in [0.1, 0.15) is 34.5 Å². The number of hydrogen-bond acceptors (Lipinski definition) is 4. The average Bonchev–Trinajstić information content (AvgIpc) is 3.23. The molecule has 0 atom stereocenters. The minimum absolute atomic E-state index is 0.178. The molecular weight excluding hydrogens is 354 g/mol. The number of amides is 1. The number of carbonyl (C=O) groups is 1. The van der Waals surface area contributed by atoms with Crippen molar-refractivity contribution in [1.82, 2.24) is 9.78 Å². The summed E-state index contributed by atoms with van der Waals surface area (Å²) in [6.07, 6.45) is 3.78. The van der Waals surface area contributed by atoms with E-state index in [1.165, 1.54) is 0 Å². The van der Waals surface area contributed by atoms with Gasteiger partial charge in [0, 0.05) is 17.5 Å². The molecule has 5 rings (SSSR count). The Bertz CT molecular complexity index is 1030. The third-order valence-electron chi connectivity index (χ3n) is 5.15. The van der Waals surface area contributed by atoms with Crippen molar-refractivity contribution in [2.45, 2.75) is 25.7 Å². The molecule has 0 fully saturated rings. The molecule has 142 valence electrons. The Labute approximate surface area is 163 Å². The Balaban J connectivity index is 1.48. The van der Waals surface area contributed by atoms with Crippen molar-refractivity contribution in [1.29, 1.82) is 0 Å². The number of hydrogen-bond donors (Lipinski definition) is 1. The fourth-order valence-electron chi connectivity index (χ4n) is 3.76. The van der Waals surface area contributed by atoms with Gasteiger partial charge in [0.25, 0.3) is 5.91 Å². The first-order valence-corrected chi connectivity index (χ1v) is 9.67. The third-order valence-corrected chi connectivity index (χ3v) is 5.15. The van der Waals surface area contributed by atoms with E-state index in [1.807, 2.05) is 35.0 Å². The number of carbonyl (C=O) groups excluding carboxylic acids is 1. The topological polar surface area (TPSA) is 65.4 Å². The minimum Gasteiger partial charge on any atom is -0.490 e. The smallest absolute Gasteiger partial charge is 0.256 e. The lowest BCUT2D eigenvalue weighted by Gasteiger charge is -2.12. The quantitative estimate of drug-likeness (QED) is 0.757. The zero-order chi connectivity index (χ0) is 18.9. The Morgan fingerprint density at radius 1 is 0.964 bits per heavy atom. The predicted molar refractivity (Wildman–Crippen MR) is 106 cm³/mol. The van der Waals surface area contributed by atoms with Gasteiger partial charge in [-0.15, -0.1) is 0 Å². The molecule has 0 spiro atoms. The standard InChI is InChI=1S/C22H21N3O3/c26-22(15-10-11-19-20(14-15)28-13-5-12-27-19)23-21-17-8-4-9-18(17)24-25(21)16-6-2-1-3-7-16/h1-3,6-7,10-11,14H,4-5,8-9,12-13H2,(H,23,26). The van der Waals surface area contributed by atoms with Crippen molar-refractivity contribution in [3.63, 3.8) is 0 Å². The molecule has 2 aliphatic rings.